The maximum absolute atomic E-state index is 15.3. The van der Waals surface area contributed by atoms with Crippen molar-refractivity contribution in [3.05, 3.63) is 34.7 Å². The molecule has 1 aliphatic heterocycles. The van der Waals surface area contributed by atoms with E-state index in [0.29, 0.717) is 13.0 Å². The second-order valence-electron chi connectivity index (χ2n) is 10.8. The number of carbonyl (C=O) groups is 2. The lowest BCUT2D eigenvalue weighted by molar-refractivity contribution is 0.0292. The molecule has 2 heterocycles. The monoisotopic (exact) mass is 574 g/mol. The molecule has 3 rings (SSSR count). The highest BCUT2D eigenvalue weighted by Crippen LogP contribution is 2.33. The second kappa shape index (κ2) is 10.6. The number of halogens is 2. The molecule has 0 spiro atoms. The number of rotatable bonds is 5. The number of aromatic nitrogens is 1. The van der Waals surface area contributed by atoms with Crippen LogP contribution in [0.5, 0.6) is 0 Å². The molecule has 1 fully saturated rings. The van der Waals surface area contributed by atoms with E-state index in [1.807, 2.05) is 0 Å². The standard InChI is InChI=1S/C24H32F2N4O6S2/c1-23(2,3)35-21(31)29-9-8-15(12-29)28(7)16-10-17(25)20(18(26)11-16)38(33,34)30(19-13-37-14-27-19)22(32)36-24(4,5)6/h10-11,13-15H,8-9,12H2,1-7H3/t15-/m0/s1. The Morgan fingerprint density at radius 3 is 2.16 bits per heavy atom. The Morgan fingerprint density at radius 1 is 1.08 bits per heavy atom. The molecule has 2 amide bonds. The summed E-state index contributed by atoms with van der Waals surface area (Å²) in [5.41, 5.74) is -0.415. The van der Waals surface area contributed by atoms with Crippen molar-refractivity contribution in [1.29, 1.82) is 0 Å². The summed E-state index contributed by atoms with van der Waals surface area (Å²) in [6.07, 6.45) is -1.33. The van der Waals surface area contributed by atoms with Gasteiger partial charge in [0.25, 0.3) is 10.0 Å². The zero-order chi connectivity index (χ0) is 28.6. The van der Waals surface area contributed by atoms with Crippen LogP contribution in [0.25, 0.3) is 0 Å². The molecule has 210 valence electrons. The molecule has 0 bridgehead atoms. The van der Waals surface area contributed by atoms with Gasteiger partial charge in [0.05, 0.1) is 5.51 Å². The van der Waals surface area contributed by atoms with Crippen LogP contribution in [-0.2, 0) is 19.5 Å². The van der Waals surface area contributed by atoms with Gasteiger partial charge in [-0.05, 0) is 60.1 Å². The summed E-state index contributed by atoms with van der Waals surface area (Å²) < 4.78 is 68.2. The van der Waals surface area contributed by atoms with Crippen LogP contribution in [0.2, 0.25) is 0 Å². The summed E-state index contributed by atoms with van der Waals surface area (Å²) in [4.78, 5) is 30.8. The molecule has 1 saturated heterocycles. The average Bonchev–Trinajstić information content (AvgIpc) is 3.42. The molecule has 10 nitrogen and oxygen atoms in total. The first kappa shape index (κ1) is 29.6. The molecule has 1 aromatic heterocycles. The number of hydrogen-bond acceptors (Lipinski definition) is 9. The van der Waals surface area contributed by atoms with Crippen LogP contribution in [0.4, 0.5) is 29.9 Å². The van der Waals surface area contributed by atoms with Crippen LogP contribution in [0.3, 0.4) is 0 Å². The number of likely N-dealkylation sites (tertiary alicyclic amines) is 1. The molecule has 1 aliphatic rings. The highest BCUT2D eigenvalue weighted by Gasteiger charge is 2.40. The predicted molar refractivity (Wildman–Crippen MR) is 139 cm³/mol. The highest BCUT2D eigenvalue weighted by atomic mass is 32.2. The van der Waals surface area contributed by atoms with E-state index in [1.165, 1.54) is 36.6 Å². The van der Waals surface area contributed by atoms with Gasteiger partial charge < -0.3 is 19.3 Å². The van der Waals surface area contributed by atoms with Crippen LogP contribution in [0.15, 0.2) is 27.9 Å². The normalized spacial score (nSPS) is 16.3. The summed E-state index contributed by atoms with van der Waals surface area (Å²) >= 11 is 0.992. The van der Waals surface area contributed by atoms with Gasteiger partial charge >= 0.3 is 12.2 Å². The first-order chi connectivity index (χ1) is 17.4. The third kappa shape index (κ3) is 6.70. The van der Waals surface area contributed by atoms with E-state index >= 15 is 8.78 Å². The Kier molecular flexibility index (Phi) is 8.27. The molecule has 38 heavy (non-hydrogen) atoms. The Hall–Kier alpha value is -3.00. The minimum atomic E-state index is -5.09. The Balaban J connectivity index is 1.90. The van der Waals surface area contributed by atoms with E-state index in [1.54, 1.807) is 32.7 Å². The van der Waals surface area contributed by atoms with Crippen LogP contribution in [0.1, 0.15) is 48.0 Å². The molecular formula is C24H32F2N4O6S2. The quantitative estimate of drug-likeness (QED) is 0.491. The fraction of sp³-hybridized carbons (Fsp3) is 0.542. The van der Waals surface area contributed by atoms with E-state index in [0.717, 1.165) is 23.5 Å². The Bertz CT molecular complexity index is 1270. The number of thiazole rings is 1. The Morgan fingerprint density at radius 2 is 1.66 bits per heavy atom. The lowest BCUT2D eigenvalue weighted by atomic mass is 10.2. The lowest BCUT2D eigenvalue weighted by Crippen LogP contribution is -2.42. The first-order valence-corrected chi connectivity index (χ1v) is 14.2. The number of likely N-dealkylation sites (N-methyl/N-ethyl adjacent to an activating group) is 1. The zero-order valence-corrected chi connectivity index (χ0v) is 24.0. The molecule has 0 unspecified atom stereocenters. The summed E-state index contributed by atoms with van der Waals surface area (Å²) in [5.74, 6) is -3.13. The smallest absolute Gasteiger partial charge is 0.430 e. The average molecular weight is 575 g/mol. The van der Waals surface area contributed by atoms with Gasteiger partial charge in [-0.1, -0.05) is 0 Å². The topological polar surface area (TPSA) is 109 Å². The summed E-state index contributed by atoms with van der Waals surface area (Å²) in [7, 11) is -3.50. The fourth-order valence-electron chi connectivity index (χ4n) is 3.77. The largest absolute Gasteiger partial charge is 0.444 e. The van der Waals surface area contributed by atoms with Gasteiger partial charge in [0.2, 0.25) is 0 Å². The number of anilines is 2. The summed E-state index contributed by atoms with van der Waals surface area (Å²) in [5, 5.41) is 1.25. The minimum absolute atomic E-state index is 0.0625. The number of sulfonamides is 1. The van der Waals surface area contributed by atoms with E-state index in [4.69, 9.17) is 9.47 Å². The number of benzene rings is 1. The molecule has 0 radical (unpaired) electrons. The van der Waals surface area contributed by atoms with Crippen LogP contribution >= 0.6 is 11.3 Å². The summed E-state index contributed by atoms with van der Waals surface area (Å²) in [6, 6.07) is 1.46. The molecule has 0 saturated carbocycles. The second-order valence-corrected chi connectivity index (χ2v) is 13.3. The zero-order valence-electron chi connectivity index (χ0n) is 22.3. The molecular weight excluding hydrogens is 542 g/mol. The van der Waals surface area contributed by atoms with Crippen molar-refractivity contribution in [2.75, 3.05) is 29.3 Å². The summed E-state index contributed by atoms with van der Waals surface area (Å²) in [6.45, 7) is 10.5. The number of nitrogens with zero attached hydrogens (tertiary/aromatic N) is 4. The van der Waals surface area contributed by atoms with E-state index in [2.05, 4.69) is 4.98 Å². The van der Waals surface area contributed by atoms with Crippen LogP contribution in [-0.4, -0.2) is 67.9 Å². The number of amides is 2. The lowest BCUT2D eigenvalue weighted by Gasteiger charge is -2.29. The SMILES string of the molecule is CN(c1cc(F)c(S(=O)(=O)N(C(=O)OC(C)(C)C)c2cscn2)c(F)c1)[C@H]1CCN(C(=O)OC(C)(C)C)C1. The molecule has 2 aromatic rings. The third-order valence-electron chi connectivity index (χ3n) is 5.44. The maximum Gasteiger partial charge on any atom is 0.430 e. The van der Waals surface area contributed by atoms with Gasteiger partial charge in [-0.15, -0.1) is 15.6 Å². The molecule has 1 atom stereocenters. The van der Waals surface area contributed by atoms with Crippen molar-refractivity contribution in [3.63, 3.8) is 0 Å². The van der Waals surface area contributed by atoms with Gasteiger partial charge in [0, 0.05) is 37.2 Å². The van der Waals surface area contributed by atoms with Gasteiger partial charge in [-0.3, -0.25) is 0 Å². The Labute approximate surface area is 225 Å². The van der Waals surface area contributed by atoms with Crippen LogP contribution in [0, 0.1) is 11.6 Å². The van der Waals surface area contributed by atoms with Gasteiger partial charge in [0.15, 0.2) is 10.7 Å². The highest BCUT2D eigenvalue weighted by molar-refractivity contribution is 7.93. The number of hydrogen-bond donors (Lipinski definition) is 0. The van der Waals surface area contributed by atoms with Gasteiger partial charge in [0.1, 0.15) is 22.8 Å². The van der Waals surface area contributed by atoms with Crippen molar-refractivity contribution in [2.45, 2.75) is 70.1 Å². The van der Waals surface area contributed by atoms with Crippen molar-refractivity contribution < 1.29 is 36.3 Å². The first-order valence-electron chi connectivity index (χ1n) is 11.8. The van der Waals surface area contributed by atoms with Crippen molar-refractivity contribution >= 4 is 45.1 Å². The van der Waals surface area contributed by atoms with Crippen molar-refractivity contribution in [1.82, 2.24) is 9.88 Å². The van der Waals surface area contributed by atoms with Gasteiger partial charge in [-0.2, -0.15) is 0 Å². The predicted octanol–water partition coefficient (Wildman–Crippen LogP) is 5.00. The van der Waals surface area contributed by atoms with E-state index in [-0.39, 0.29) is 28.4 Å². The molecule has 14 heteroatoms. The van der Waals surface area contributed by atoms with Crippen LogP contribution < -0.4 is 9.21 Å². The van der Waals surface area contributed by atoms with Crippen molar-refractivity contribution in [3.8, 4) is 0 Å². The van der Waals surface area contributed by atoms with E-state index in [9.17, 15) is 18.0 Å². The molecule has 0 N–H and O–H groups in total. The number of ether oxygens (including phenoxy) is 2. The molecule has 1 aromatic carbocycles. The number of carbonyl (C=O) groups excluding carboxylic acids is 2. The van der Waals surface area contributed by atoms with Crippen molar-refractivity contribution in [2.24, 2.45) is 0 Å². The van der Waals surface area contributed by atoms with Gasteiger partial charge in [-0.25, -0.2) is 31.8 Å². The minimum Gasteiger partial charge on any atom is -0.444 e. The molecule has 0 aliphatic carbocycles. The fourth-order valence-corrected chi connectivity index (χ4v) is 5.73. The third-order valence-corrected chi connectivity index (χ3v) is 7.73. The van der Waals surface area contributed by atoms with E-state index < -0.39 is 49.9 Å². The maximum atomic E-state index is 15.3.